The Morgan fingerprint density at radius 2 is 1.88 bits per heavy atom. The third-order valence-electron chi connectivity index (χ3n) is 6.58. The number of carbonyl (C=O) groups is 1. The van der Waals surface area contributed by atoms with Gasteiger partial charge < -0.3 is 19.5 Å². The quantitative estimate of drug-likeness (QED) is 0.562. The minimum atomic E-state index is -4.45. The third kappa shape index (κ3) is 4.34. The van der Waals surface area contributed by atoms with Gasteiger partial charge in [-0.05, 0) is 66.6 Å². The largest absolute Gasteiger partial charge is 0.467 e. The first-order valence-electron chi connectivity index (χ1n) is 11.1. The van der Waals surface area contributed by atoms with Gasteiger partial charge in [-0.15, -0.1) is 0 Å². The molecule has 9 heteroatoms. The van der Waals surface area contributed by atoms with Gasteiger partial charge >= 0.3 is 6.18 Å². The molecule has 0 spiro atoms. The molecule has 1 aromatic heterocycles. The number of benzene rings is 2. The van der Waals surface area contributed by atoms with Crippen LogP contribution in [-0.4, -0.2) is 31.6 Å². The Labute approximate surface area is 194 Å². The van der Waals surface area contributed by atoms with E-state index in [1.165, 1.54) is 24.5 Å². The summed E-state index contributed by atoms with van der Waals surface area (Å²) in [6.07, 6.45) is -2.74. The van der Waals surface area contributed by atoms with Crippen LogP contribution in [0.5, 0.6) is 0 Å². The molecule has 34 heavy (non-hydrogen) atoms. The van der Waals surface area contributed by atoms with Gasteiger partial charge in [-0.3, -0.25) is 4.79 Å². The summed E-state index contributed by atoms with van der Waals surface area (Å²) in [7, 11) is 0. The van der Waals surface area contributed by atoms with Crippen LogP contribution in [0.1, 0.15) is 16.9 Å². The number of carbonyl (C=O) groups excluding carboxylic acids is 1. The molecule has 1 N–H and O–H groups in total. The third-order valence-corrected chi connectivity index (χ3v) is 6.58. The van der Waals surface area contributed by atoms with Crippen LogP contribution in [0.15, 0.2) is 65.3 Å². The number of anilines is 2. The topological polar surface area (TPSA) is 48.7 Å². The smallest absolute Gasteiger partial charge is 0.416 e. The fraction of sp³-hybridized carbons (Fsp3) is 0.320. The lowest BCUT2D eigenvalue weighted by Gasteiger charge is -2.49. The van der Waals surface area contributed by atoms with Gasteiger partial charge in [-0.25, -0.2) is 4.39 Å². The monoisotopic (exact) mass is 473 g/mol. The van der Waals surface area contributed by atoms with E-state index in [0.717, 1.165) is 23.5 Å². The summed E-state index contributed by atoms with van der Waals surface area (Å²) in [4.78, 5) is 17.4. The lowest BCUT2D eigenvalue weighted by atomic mass is 9.82. The van der Waals surface area contributed by atoms with Crippen molar-refractivity contribution in [3.63, 3.8) is 0 Å². The minimum Gasteiger partial charge on any atom is -0.467 e. The number of fused-ring (bicyclic) bond motifs is 3. The molecule has 0 radical (unpaired) electrons. The Balaban J connectivity index is 1.45. The molecule has 5 rings (SSSR count). The summed E-state index contributed by atoms with van der Waals surface area (Å²) >= 11 is 0. The molecule has 0 unspecified atom stereocenters. The molecule has 0 bridgehead atoms. The van der Waals surface area contributed by atoms with Crippen molar-refractivity contribution in [3.8, 4) is 0 Å². The van der Waals surface area contributed by atoms with E-state index in [9.17, 15) is 22.4 Å². The summed E-state index contributed by atoms with van der Waals surface area (Å²) in [6, 6.07) is 13.2. The fourth-order valence-electron chi connectivity index (χ4n) is 4.90. The maximum atomic E-state index is 13.4. The second kappa shape index (κ2) is 8.70. The van der Waals surface area contributed by atoms with Crippen molar-refractivity contribution in [3.05, 3.63) is 83.6 Å². The molecule has 178 valence electrons. The SMILES string of the molecule is O=C(NCc1ccco1)[C@@H]1Cc2cc(C(F)(F)F)ccc2N2CCN(c3ccc(F)cc3)C[C@@H]12. The van der Waals surface area contributed by atoms with Crippen LogP contribution < -0.4 is 15.1 Å². The van der Waals surface area contributed by atoms with Gasteiger partial charge in [0.1, 0.15) is 11.6 Å². The zero-order chi connectivity index (χ0) is 23.9. The molecule has 2 aliphatic rings. The molecule has 1 saturated heterocycles. The first-order valence-corrected chi connectivity index (χ1v) is 11.1. The Morgan fingerprint density at radius 1 is 1.09 bits per heavy atom. The normalized spacial score (nSPS) is 20.0. The molecule has 5 nitrogen and oxygen atoms in total. The van der Waals surface area contributed by atoms with Crippen molar-refractivity contribution < 1.29 is 26.8 Å². The molecular formula is C25H23F4N3O2. The van der Waals surface area contributed by atoms with E-state index < -0.39 is 17.7 Å². The van der Waals surface area contributed by atoms with Gasteiger partial charge in [0.05, 0.1) is 30.3 Å². The number of furan rings is 1. The van der Waals surface area contributed by atoms with Crippen LogP contribution in [0.25, 0.3) is 0 Å². The van der Waals surface area contributed by atoms with Crippen molar-refractivity contribution >= 4 is 17.3 Å². The molecular weight excluding hydrogens is 450 g/mol. The molecule has 3 heterocycles. The number of hydrogen-bond acceptors (Lipinski definition) is 4. The van der Waals surface area contributed by atoms with Crippen molar-refractivity contribution in [2.75, 3.05) is 29.4 Å². The van der Waals surface area contributed by atoms with Crippen LogP contribution in [0, 0.1) is 11.7 Å². The van der Waals surface area contributed by atoms with Crippen LogP contribution in [0.3, 0.4) is 0 Å². The van der Waals surface area contributed by atoms with E-state index in [0.29, 0.717) is 31.0 Å². The minimum absolute atomic E-state index is 0.196. The highest BCUT2D eigenvalue weighted by molar-refractivity contribution is 5.82. The van der Waals surface area contributed by atoms with E-state index in [2.05, 4.69) is 10.2 Å². The summed E-state index contributed by atoms with van der Waals surface area (Å²) in [6.45, 7) is 1.82. The first kappa shape index (κ1) is 22.3. The summed E-state index contributed by atoms with van der Waals surface area (Å²) < 4.78 is 58.8. The standard InChI is InChI=1S/C25H23F4N3O2/c26-18-4-6-19(7-5-18)31-9-10-32-22-8-3-17(25(27,28)29)12-16(22)13-21(23(32)15-31)24(33)30-14-20-2-1-11-34-20/h1-8,11-12,21,23H,9-10,13-15H2,(H,30,33)/t21-,23+/m1/s1. The van der Waals surface area contributed by atoms with E-state index in [1.54, 1.807) is 24.3 Å². The average molecular weight is 473 g/mol. The van der Waals surface area contributed by atoms with E-state index in [4.69, 9.17) is 4.42 Å². The van der Waals surface area contributed by atoms with Gasteiger partial charge in [0, 0.05) is 31.0 Å². The van der Waals surface area contributed by atoms with Gasteiger partial charge in [0.15, 0.2) is 0 Å². The molecule has 1 fully saturated rings. The van der Waals surface area contributed by atoms with Crippen LogP contribution in [0.2, 0.25) is 0 Å². The van der Waals surface area contributed by atoms with Gasteiger partial charge in [0.2, 0.25) is 5.91 Å². The average Bonchev–Trinajstić information content (AvgIpc) is 3.35. The van der Waals surface area contributed by atoms with Crippen LogP contribution in [0.4, 0.5) is 28.9 Å². The van der Waals surface area contributed by atoms with Crippen molar-refractivity contribution in [1.82, 2.24) is 5.32 Å². The van der Waals surface area contributed by atoms with Crippen molar-refractivity contribution in [2.45, 2.75) is 25.2 Å². The number of hydrogen-bond donors (Lipinski definition) is 1. The van der Waals surface area contributed by atoms with E-state index in [1.807, 2.05) is 4.90 Å². The fourth-order valence-corrected chi connectivity index (χ4v) is 4.90. The predicted octanol–water partition coefficient (Wildman–Crippen LogP) is 4.62. The molecule has 2 aliphatic heterocycles. The van der Waals surface area contributed by atoms with E-state index >= 15 is 0 Å². The number of amides is 1. The predicted molar refractivity (Wildman–Crippen MR) is 119 cm³/mol. The summed E-state index contributed by atoms with van der Waals surface area (Å²) in [5.74, 6) is -0.536. The Morgan fingerprint density at radius 3 is 2.59 bits per heavy atom. The van der Waals surface area contributed by atoms with Crippen LogP contribution >= 0.6 is 0 Å². The van der Waals surface area contributed by atoms with E-state index in [-0.39, 0.29) is 30.7 Å². The molecule has 3 aromatic rings. The highest BCUT2D eigenvalue weighted by Gasteiger charge is 2.42. The highest BCUT2D eigenvalue weighted by Crippen LogP contribution is 2.40. The number of halogens is 4. The maximum Gasteiger partial charge on any atom is 0.416 e. The number of rotatable bonds is 4. The highest BCUT2D eigenvalue weighted by atomic mass is 19.4. The first-order chi connectivity index (χ1) is 16.3. The lowest BCUT2D eigenvalue weighted by molar-refractivity contribution is -0.137. The zero-order valence-electron chi connectivity index (χ0n) is 18.2. The van der Waals surface area contributed by atoms with Gasteiger partial charge in [0.25, 0.3) is 0 Å². The Kier molecular flexibility index (Phi) is 5.71. The Bertz CT molecular complexity index is 1160. The van der Waals surface area contributed by atoms with Crippen molar-refractivity contribution in [2.24, 2.45) is 5.92 Å². The van der Waals surface area contributed by atoms with Gasteiger partial charge in [-0.2, -0.15) is 13.2 Å². The Hall–Kier alpha value is -3.49. The number of alkyl halides is 3. The van der Waals surface area contributed by atoms with Crippen molar-refractivity contribution in [1.29, 1.82) is 0 Å². The lowest BCUT2D eigenvalue weighted by Crippen LogP contribution is -2.61. The second-order valence-corrected chi connectivity index (χ2v) is 8.63. The molecule has 2 aromatic carbocycles. The van der Waals surface area contributed by atoms with Gasteiger partial charge in [-0.1, -0.05) is 0 Å². The zero-order valence-corrected chi connectivity index (χ0v) is 18.2. The molecule has 0 aliphatic carbocycles. The van der Waals surface area contributed by atoms with Crippen LogP contribution in [-0.2, 0) is 23.9 Å². The summed E-state index contributed by atoms with van der Waals surface area (Å²) in [5, 5.41) is 2.88. The molecule has 2 atom stereocenters. The number of piperazine rings is 1. The molecule has 1 amide bonds. The number of nitrogens with zero attached hydrogens (tertiary/aromatic N) is 2. The molecule has 0 saturated carbocycles. The number of nitrogens with one attached hydrogen (secondary N) is 1. The summed E-state index contributed by atoms with van der Waals surface area (Å²) in [5.41, 5.74) is 1.37. The maximum absolute atomic E-state index is 13.4. The second-order valence-electron chi connectivity index (χ2n) is 8.63.